The van der Waals surface area contributed by atoms with Gasteiger partial charge in [0, 0.05) is 24.5 Å². The highest BCUT2D eigenvalue weighted by Crippen LogP contribution is 2.24. The molecule has 0 aliphatic carbocycles. The summed E-state index contributed by atoms with van der Waals surface area (Å²) >= 11 is 2.89. The first-order valence-corrected chi connectivity index (χ1v) is 6.05. The van der Waals surface area contributed by atoms with Crippen LogP contribution in [0.1, 0.15) is 23.1 Å². The van der Waals surface area contributed by atoms with E-state index in [1.165, 1.54) is 12.3 Å². The van der Waals surface area contributed by atoms with E-state index in [0.29, 0.717) is 6.54 Å². The number of aromatic nitrogens is 2. The third-order valence-corrected chi connectivity index (χ3v) is 3.31. The SMILES string of the molecule is CCn1ccnc1C(=O)c1ccc(F)c(F)c1Br. The molecular formula is C12H9BrF2N2O. The zero-order valence-corrected chi connectivity index (χ0v) is 11.0. The highest BCUT2D eigenvalue weighted by molar-refractivity contribution is 9.10. The summed E-state index contributed by atoms with van der Waals surface area (Å²) in [5, 5.41) is 0. The minimum atomic E-state index is -1.07. The molecule has 6 heteroatoms. The van der Waals surface area contributed by atoms with Gasteiger partial charge in [-0.05, 0) is 35.0 Å². The van der Waals surface area contributed by atoms with E-state index in [1.807, 2.05) is 6.92 Å². The van der Waals surface area contributed by atoms with Crippen molar-refractivity contribution in [2.24, 2.45) is 0 Å². The van der Waals surface area contributed by atoms with Gasteiger partial charge >= 0.3 is 0 Å². The van der Waals surface area contributed by atoms with Crippen molar-refractivity contribution in [1.29, 1.82) is 0 Å². The summed E-state index contributed by atoms with van der Waals surface area (Å²) in [6.07, 6.45) is 3.14. The molecule has 0 atom stereocenters. The second kappa shape index (κ2) is 4.97. The topological polar surface area (TPSA) is 34.9 Å². The van der Waals surface area contributed by atoms with E-state index in [-0.39, 0.29) is 15.9 Å². The number of carbonyl (C=O) groups is 1. The normalized spacial score (nSPS) is 10.7. The van der Waals surface area contributed by atoms with Crippen molar-refractivity contribution in [3.05, 3.63) is 52.0 Å². The standard InChI is InChI=1S/C12H9BrF2N2O/c1-2-17-6-5-16-12(17)11(18)7-3-4-8(14)10(15)9(7)13/h3-6H,2H2,1H3. The summed E-state index contributed by atoms with van der Waals surface area (Å²) in [5.74, 6) is -2.33. The average molecular weight is 315 g/mol. The van der Waals surface area contributed by atoms with Gasteiger partial charge in [0.15, 0.2) is 17.5 Å². The Morgan fingerprint density at radius 1 is 1.44 bits per heavy atom. The second-order valence-corrected chi connectivity index (χ2v) is 4.38. The molecule has 94 valence electrons. The molecule has 0 aliphatic rings. The van der Waals surface area contributed by atoms with Crippen LogP contribution < -0.4 is 0 Å². The molecule has 1 heterocycles. The van der Waals surface area contributed by atoms with Gasteiger partial charge in [0.25, 0.3) is 0 Å². The number of aryl methyl sites for hydroxylation is 1. The number of nitrogens with zero attached hydrogens (tertiary/aromatic N) is 2. The van der Waals surface area contributed by atoms with Crippen LogP contribution in [0.15, 0.2) is 29.0 Å². The highest BCUT2D eigenvalue weighted by atomic mass is 79.9. The molecule has 0 saturated carbocycles. The molecule has 1 aromatic heterocycles. The third-order valence-electron chi connectivity index (χ3n) is 2.54. The fraction of sp³-hybridized carbons (Fsp3) is 0.167. The van der Waals surface area contributed by atoms with Crippen LogP contribution >= 0.6 is 15.9 Å². The van der Waals surface area contributed by atoms with Crippen molar-refractivity contribution in [2.75, 3.05) is 0 Å². The molecule has 18 heavy (non-hydrogen) atoms. The molecule has 0 N–H and O–H groups in total. The number of benzene rings is 1. The van der Waals surface area contributed by atoms with Crippen molar-refractivity contribution in [2.45, 2.75) is 13.5 Å². The van der Waals surface area contributed by atoms with Gasteiger partial charge in [0.2, 0.25) is 5.78 Å². The van der Waals surface area contributed by atoms with Gasteiger partial charge < -0.3 is 4.57 Å². The van der Waals surface area contributed by atoms with Crippen molar-refractivity contribution < 1.29 is 13.6 Å². The Morgan fingerprint density at radius 3 is 2.83 bits per heavy atom. The number of halogens is 3. The molecule has 0 amide bonds. The van der Waals surface area contributed by atoms with Gasteiger partial charge in [-0.25, -0.2) is 13.8 Å². The molecule has 2 aromatic rings. The van der Waals surface area contributed by atoms with Crippen LogP contribution in [-0.4, -0.2) is 15.3 Å². The van der Waals surface area contributed by atoms with E-state index < -0.39 is 17.4 Å². The Labute approximate surface area is 111 Å². The first kappa shape index (κ1) is 12.9. The van der Waals surface area contributed by atoms with Gasteiger partial charge in [-0.1, -0.05) is 0 Å². The molecule has 0 fully saturated rings. The van der Waals surface area contributed by atoms with E-state index in [9.17, 15) is 13.6 Å². The fourth-order valence-electron chi connectivity index (χ4n) is 1.60. The van der Waals surface area contributed by atoms with E-state index >= 15 is 0 Å². The number of imidazole rings is 1. The predicted molar refractivity (Wildman–Crippen MR) is 65.4 cm³/mol. The molecule has 2 rings (SSSR count). The molecule has 3 nitrogen and oxygen atoms in total. The third kappa shape index (κ3) is 2.08. The number of ketones is 1. The Balaban J connectivity index is 2.50. The lowest BCUT2D eigenvalue weighted by molar-refractivity contribution is 0.102. The van der Waals surface area contributed by atoms with Crippen LogP contribution in [0.25, 0.3) is 0 Å². The largest absolute Gasteiger partial charge is 0.328 e. The Hall–Kier alpha value is -1.56. The number of hydrogen-bond acceptors (Lipinski definition) is 2. The summed E-state index contributed by atoms with van der Waals surface area (Å²) in [6.45, 7) is 2.43. The monoisotopic (exact) mass is 314 g/mol. The average Bonchev–Trinajstić information content (AvgIpc) is 2.83. The molecule has 0 radical (unpaired) electrons. The maximum atomic E-state index is 13.4. The Bertz CT molecular complexity index is 610. The number of rotatable bonds is 3. The zero-order chi connectivity index (χ0) is 13.3. The van der Waals surface area contributed by atoms with Crippen molar-refractivity contribution in [1.82, 2.24) is 9.55 Å². The van der Waals surface area contributed by atoms with Crippen LogP contribution in [-0.2, 0) is 6.54 Å². The Kier molecular flexibility index (Phi) is 3.56. The fourth-order valence-corrected chi connectivity index (χ4v) is 2.10. The maximum absolute atomic E-state index is 13.4. The van der Waals surface area contributed by atoms with Crippen LogP contribution in [0.4, 0.5) is 8.78 Å². The summed E-state index contributed by atoms with van der Waals surface area (Å²) < 4.78 is 27.8. The van der Waals surface area contributed by atoms with E-state index in [0.717, 1.165) is 6.07 Å². The quantitative estimate of drug-likeness (QED) is 0.644. The molecular weight excluding hydrogens is 306 g/mol. The molecule has 0 bridgehead atoms. The smallest absolute Gasteiger partial charge is 0.229 e. The first-order chi connectivity index (χ1) is 8.56. The molecule has 0 saturated heterocycles. The van der Waals surface area contributed by atoms with E-state index in [2.05, 4.69) is 20.9 Å². The summed E-state index contributed by atoms with van der Waals surface area (Å²) in [4.78, 5) is 16.1. The molecule has 1 aromatic carbocycles. The van der Waals surface area contributed by atoms with Gasteiger partial charge in [0.05, 0.1) is 4.47 Å². The van der Waals surface area contributed by atoms with Gasteiger partial charge in [-0.3, -0.25) is 4.79 Å². The predicted octanol–water partition coefficient (Wildman–Crippen LogP) is 3.17. The number of hydrogen-bond donors (Lipinski definition) is 0. The van der Waals surface area contributed by atoms with Crippen molar-refractivity contribution in [3.63, 3.8) is 0 Å². The van der Waals surface area contributed by atoms with E-state index in [1.54, 1.807) is 10.8 Å². The molecule has 0 spiro atoms. The van der Waals surface area contributed by atoms with Crippen LogP contribution in [0.5, 0.6) is 0 Å². The Morgan fingerprint density at radius 2 is 2.17 bits per heavy atom. The lowest BCUT2D eigenvalue weighted by atomic mass is 10.1. The van der Waals surface area contributed by atoms with Crippen LogP contribution in [0.2, 0.25) is 0 Å². The minimum absolute atomic E-state index is 0.0507. The van der Waals surface area contributed by atoms with Crippen LogP contribution in [0.3, 0.4) is 0 Å². The van der Waals surface area contributed by atoms with Gasteiger partial charge in [-0.15, -0.1) is 0 Å². The highest BCUT2D eigenvalue weighted by Gasteiger charge is 2.21. The lowest BCUT2D eigenvalue weighted by Gasteiger charge is -2.06. The van der Waals surface area contributed by atoms with Crippen LogP contribution in [0, 0.1) is 11.6 Å². The second-order valence-electron chi connectivity index (χ2n) is 3.59. The zero-order valence-electron chi connectivity index (χ0n) is 9.45. The van der Waals surface area contributed by atoms with Gasteiger partial charge in [-0.2, -0.15) is 0 Å². The lowest BCUT2D eigenvalue weighted by Crippen LogP contribution is -2.12. The van der Waals surface area contributed by atoms with Gasteiger partial charge in [0.1, 0.15) is 0 Å². The van der Waals surface area contributed by atoms with Crippen molar-refractivity contribution >= 4 is 21.7 Å². The molecule has 0 aliphatic heterocycles. The van der Waals surface area contributed by atoms with E-state index in [4.69, 9.17) is 0 Å². The minimum Gasteiger partial charge on any atom is -0.328 e. The summed E-state index contributed by atoms with van der Waals surface area (Å²) in [5.41, 5.74) is 0.0507. The first-order valence-electron chi connectivity index (χ1n) is 5.25. The maximum Gasteiger partial charge on any atom is 0.229 e. The van der Waals surface area contributed by atoms with Crippen molar-refractivity contribution in [3.8, 4) is 0 Å². The molecule has 0 unspecified atom stereocenters. The summed E-state index contributed by atoms with van der Waals surface area (Å²) in [7, 11) is 0. The number of carbonyl (C=O) groups excluding carboxylic acids is 1. The summed E-state index contributed by atoms with van der Waals surface area (Å²) in [6, 6.07) is 2.16.